The maximum Gasteiger partial charge on any atom is 0.164 e. The third-order valence-corrected chi connectivity index (χ3v) is 11.6. The van der Waals surface area contributed by atoms with Crippen LogP contribution < -0.4 is 0 Å². The number of fused-ring (bicyclic) bond motifs is 6. The SMILES string of the molecule is c1ccc(-c2nc(-c3ccccc3)nc(-c3cc(-c4ccc5c(c4)sc4ccccc45)cc(-c4cccc5sc6ccccc6c45)c3)n2)cc1. The van der Waals surface area contributed by atoms with E-state index in [-0.39, 0.29) is 0 Å². The van der Waals surface area contributed by atoms with Gasteiger partial charge in [-0.25, -0.2) is 15.0 Å². The molecule has 3 heterocycles. The molecular weight excluding hydrogens is 647 g/mol. The van der Waals surface area contributed by atoms with Crippen LogP contribution >= 0.6 is 22.7 Å². The van der Waals surface area contributed by atoms with Gasteiger partial charge in [-0.05, 0) is 64.7 Å². The van der Waals surface area contributed by atoms with Crippen LogP contribution in [0.2, 0.25) is 0 Å². The van der Waals surface area contributed by atoms with Crippen molar-refractivity contribution in [3.63, 3.8) is 0 Å². The quantitative estimate of drug-likeness (QED) is 0.182. The number of thiophene rings is 2. The minimum absolute atomic E-state index is 0.645. The number of rotatable bonds is 5. The molecule has 7 aromatic carbocycles. The summed E-state index contributed by atoms with van der Waals surface area (Å²) in [6, 6.07) is 58.0. The van der Waals surface area contributed by atoms with Crippen molar-refractivity contribution < 1.29 is 0 Å². The molecular formula is C45H27N3S2. The van der Waals surface area contributed by atoms with Crippen molar-refractivity contribution in [2.45, 2.75) is 0 Å². The zero-order valence-corrected chi connectivity index (χ0v) is 28.4. The Labute approximate surface area is 296 Å². The third-order valence-electron chi connectivity index (χ3n) is 9.32. The van der Waals surface area contributed by atoms with Gasteiger partial charge < -0.3 is 0 Å². The molecule has 0 spiro atoms. The average Bonchev–Trinajstić information content (AvgIpc) is 3.76. The normalized spacial score (nSPS) is 11.6. The molecule has 0 N–H and O–H groups in total. The first-order valence-corrected chi connectivity index (χ1v) is 18.2. The van der Waals surface area contributed by atoms with Crippen molar-refractivity contribution in [2.24, 2.45) is 0 Å². The second-order valence-electron chi connectivity index (χ2n) is 12.4. The average molecular weight is 674 g/mol. The molecule has 0 saturated heterocycles. The highest BCUT2D eigenvalue weighted by Gasteiger charge is 2.17. The van der Waals surface area contributed by atoms with Crippen molar-refractivity contribution in [1.82, 2.24) is 15.0 Å². The second kappa shape index (κ2) is 11.8. The molecule has 0 radical (unpaired) electrons. The Bertz CT molecular complexity index is 2810. The van der Waals surface area contributed by atoms with Gasteiger partial charge in [-0.15, -0.1) is 22.7 Å². The lowest BCUT2D eigenvalue weighted by Crippen LogP contribution is -2.00. The summed E-state index contributed by atoms with van der Waals surface area (Å²) < 4.78 is 5.15. The first kappa shape index (κ1) is 29.0. The first-order chi connectivity index (χ1) is 24.7. The molecule has 0 fully saturated rings. The maximum absolute atomic E-state index is 5.13. The zero-order chi connectivity index (χ0) is 33.0. The predicted octanol–water partition coefficient (Wildman–Crippen LogP) is 12.9. The van der Waals surface area contributed by atoms with E-state index >= 15 is 0 Å². The Kier molecular flexibility index (Phi) is 6.86. The number of benzene rings is 7. The van der Waals surface area contributed by atoms with Gasteiger partial charge in [-0.2, -0.15) is 0 Å². The maximum atomic E-state index is 5.13. The fourth-order valence-corrected chi connectivity index (χ4v) is 9.21. The van der Waals surface area contributed by atoms with Crippen LogP contribution in [0, 0.1) is 0 Å². The van der Waals surface area contributed by atoms with Gasteiger partial charge in [0.1, 0.15) is 0 Å². The summed E-state index contributed by atoms with van der Waals surface area (Å²) in [6.07, 6.45) is 0. The molecule has 0 aliphatic heterocycles. The van der Waals surface area contributed by atoms with E-state index in [0.717, 1.165) is 33.4 Å². The standard InChI is InChI=1S/C45H27N3S2/c1-3-12-28(13-4-1)43-46-44(29-14-5-2-6-15-29)48-45(47-43)33-25-31(30-22-23-36-35-16-7-9-19-38(35)50-41(36)27-30)24-32(26-33)34-18-11-21-40-42(34)37-17-8-10-20-39(37)49-40/h1-27H. The van der Waals surface area contributed by atoms with Crippen molar-refractivity contribution in [3.8, 4) is 56.4 Å². The van der Waals surface area contributed by atoms with Crippen LogP contribution in [0.4, 0.5) is 0 Å². The zero-order valence-electron chi connectivity index (χ0n) is 26.7. The number of hydrogen-bond donors (Lipinski definition) is 0. The van der Waals surface area contributed by atoms with E-state index < -0.39 is 0 Å². The summed E-state index contributed by atoms with van der Waals surface area (Å²) in [4.78, 5) is 15.2. The lowest BCUT2D eigenvalue weighted by molar-refractivity contribution is 1.07. The minimum atomic E-state index is 0.645. The Morgan fingerprint density at radius 1 is 0.300 bits per heavy atom. The smallest absolute Gasteiger partial charge is 0.164 e. The largest absolute Gasteiger partial charge is 0.208 e. The van der Waals surface area contributed by atoms with Crippen LogP contribution in [0.25, 0.3) is 96.8 Å². The van der Waals surface area contributed by atoms with E-state index in [9.17, 15) is 0 Å². The van der Waals surface area contributed by atoms with E-state index in [0.29, 0.717) is 17.5 Å². The first-order valence-electron chi connectivity index (χ1n) is 16.6. The highest BCUT2D eigenvalue weighted by Crippen LogP contribution is 2.43. The van der Waals surface area contributed by atoms with Gasteiger partial charge >= 0.3 is 0 Å². The number of hydrogen-bond acceptors (Lipinski definition) is 5. The third kappa shape index (κ3) is 4.98. The summed E-state index contributed by atoms with van der Waals surface area (Å²) in [6.45, 7) is 0. The molecule has 0 bridgehead atoms. The molecule has 3 aromatic heterocycles. The van der Waals surface area contributed by atoms with E-state index in [4.69, 9.17) is 15.0 Å². The minimum Gasteiger partial charge on any atom is -0.208 e. The van der Waals surface area contributed by atoms with Gasteiger partial charge in [0.15, 0.2) is 17.5 Å². The molecule has 0 atom stereocenters. The van der Waals surface area contributed by atoms with Gasteiger partial charge in [-0.3, -0.25) is 0 Å². The van der Waals surface area contributed by atoms with E-state index in [1.54, 1.807) is 0 Å². The summed E-state index contributed by atoms with van der Waals surface area (Å²) >= 11 is 3.69. The van der Waals surface area contributed by atoms with Gasteiger partial charge in [0.25, 0.3) is 0 Å². The molecule has 0 saturated carbocycles. The van der Waals surface area contributed by atoms with Crippen LogP contribution in [0.5, 0.6) is 0 Å². The Morgan fingerprint density at radius 3 is 1.54 bits per heavy atom. The molecule has 0 aliphatic rings. The van der Waals surface area contributed by atoms with Gasteiger partial charge in [0.2, 0.25) is 0 Å². The Hall–Kier alpha value is -6.01. The van der Waals surface area contributed by atoms with Crippen LogP contribution in [0.1, 0.15) is 0 Å². The van der Waals surface area contributed by atoms with Crippen LogP contribution in [-0.2, 0) is 0 Å². The van der Waals surface area contributed by atoms with Crippen LogP contribution in [-0.4, -0.2) is 15.0 Å². The van der Waals surface area contributed by atoms with Gasteiger partial charge in [-0.1, -0.05) is 121 Å². The monoisotopic (exact) mass is 673 g/mol. The molecule has 5 heteroatoms. The Morgan fingerprint density at radius 2 is 0.820 bits per heavy atom. The van der Waals surface area contributed by atoms with E-state index in [2.05, 4.69) is 127 Å². The fourth-order valence-electron chi connectivity index (χ4n) is 6.94. The summed E-state index contributed by atoms with van der Waals surface area (Å²) in [7, 11) is 0. The highest BCUT2D eigenvalue weighted by atomic mass is 32.1. The van der Waals surface area contributed by atoms with E-state index in [1.807, 2.05) is 59.1 Å². The molecule has 0 aliphatic carbocycles. The van der Waals surface area contributed by atoms with Gasteiger partial charge in [0, 0.05) is 57.0 Å². The molecule has 0 amide bonds. The van der Waals surface area contributed by atoms with Crippen LogP contribution in [0.15, 0.2) is 164 Å². The molecule has 10 rings (SSSR count). The van der Waals surface area contributed by atoms with Crippen molar-refractivity contribution in [1.29, 1.82) is 0 Å². The molecule has 10 aromatic rings. The number of nitrogens with zero attached hydrogens (tertiary/aromatic N) is 3. The lowest BCUT2D eigenvalue weighted by Gasteiger charge is -2.13. The van der Waals surface area contributed by atoms with Crippen molar-refractivity contribution in [3.05, 3.63) is 164 Å². The molecule has 3 nitrogen and oxygen atoms in total. The lowest BCUT2D eigenvalue weighted by atomic mass is 9.93. The second-order valence-corrected chi connectivity index (χ2v) is 14.6. The van der Waals surface area contributed by atoms with Crippen LogP contribution in [0.3, 0.4) is 0 Å². The molecule has 0 unspecified atom stereocenters. The molecule has 234 valence electrons. The van der Waals surface area contributed by atoms with Crippen molar-refractivity contribution >= 4 is 63.0 Å². The molecule has 50 heavy (non-hydrogen) atoms. The van der Waals surface area contributed by atoms with E-state index in [1.165, 1.54) is 45.9 Å². The van der Waals surface area contributed by atoms with Crippen molar-refractivity contribution in [2.75, 3.05) is 0 Å². The Balaban J connectivity index is 1.24. The summed E-state index contributed by atoms with van der Waals surface area (Å²) in [5.74, 6) is 1.95. The topological polar surface area (TPSA) is 38.7 Å². The summed E-state index contributed by atoms with van der Waals surface area (Å²) in [5.41, 5.74) is 7.47. The fraction of sp³-hybridized carbons (Fsp3) is 0. The summed E-state index contributed by atoms with van der Waals surface area (Å²) in [5, 5.41) is 5.15. The van der Waals surface area contributed by atoms with Gasteiger partial charge in [0.05, 0.1) is 0 Å². The predicted molar refractivity (Wildman–Crippen MR) is 213 cm³/mol. The number of aromatic nitrogens is 3. The highest BCUT2D eigenvalue weighted by molar-refractivity contribution is 7.26.